The van der Waals surface area contributed by atoms with E-state index in [9.17, 15) is 0 Å². The first-order chi connectivity index (χ1) is 13.7. The lowest BCUT2D eigenvalue weighted by Gasteiger charge is -2.38. The molecule has 1 aliphatic heterocycles. The van der Waals surface area contributed by atoms with Crippen LogP contribution in [0.1, 0.15) is 6.92 Å². The molecule has 0 aliphatic carbocycles. The van der Waals surface area contributed by atoms with Crippen molar-refractivity contribution in [2.75, 3.05) is 57.2 Å². The average Bonchev–Trinajstić information content (AvgIpc) is 2.74. The Morgan fingerprint density at radius 3 is 2.43 bits per heavy atom. The molecular formula is C21H27N3O3S. The van der Waals surface area contributed by atoms with Crippen molar-refractivity contribution in [1.82, 2.24) is 4.90 Å². The van der Waals surface area contributed by atoms with Crippen LogP contribution in [0.2, 0.25) is 0 Å². The third kappa shape index (κ3) is 4.59. The molecule has 1 aliphatic rings. The molecule has 0 unspecified atom stereocenters. The second-order valence-corrected chi connectivity index (χ2v) is 6.76. The van der Waals surface area contributed by atoms with Crippen LogP contribution >= 0.6 is 12.2 Å². The number of thiocarbonyl (C=S) groups is 1. The van der Waals surface area contributed by atoms with E-state index in [1.807, 2.05) is 43.3 Å². The molecule has 0 bridgehead atoms. The lowest BCUT2D eigenvalue weighted by molar-refractivity contribution is 0.336. The lowest BCUT2D eigenvalue weighted by atomic mass is 10.2. The van der Waals surface area contributed by atoms with Crippen molar-refractivity contribution >= 4 is 28.7 Å². The summed E-state index contributed by atoms with van der Waals surface area (Å²) in [5.74, 6) is 2.38. The predicted molar refractivity (Wildman–Crippen MR) is 117 cm³/mol. The Bertz CT molecular complexity index is 807. The Morgan fingerprint density at radius 2 is 1.75 bits per heavy atom. The number of piperazine rings is 1. The fourth-order valence-electron chi connectivity index (χ4n) is 3.24. The fraction of sp³-hybridized carbons (Fsp3) is 0.381. The van der Waals surface area contributed by atoms with Gasteiger partial charge in [-0.05, 0) is 43.4 Å². The molecule has 1 fully saturated rings. The van der Waals surface area contributed by atoms with Gasteiger partial charge in [-0.2, -0.15) is 0 Å². The number of hydrogen-bond acceptors (Lipinski definition) is 5. The van der Waals surface area contributed by atoms with E-state index in [-0.39, 0.29) is 0 Å². The summed E-state index contributed by atoms with van der Waals surface area (Å²) in [6.07, 6.45) is 0. The maximum atomic E-state index is 5.77. The minimum Gasteiger partial charge on any atom is -0.497 e. The summed E-state index contributed by atoms with van der Waals surface area (Å²) >= 11 is 5.63. The Hall–Kier alpha value is -2.67. The second-order valence-electron chi connectivity index (χ2n) is 6.37. The smallest absolute Gasteiger partial charge is 0.173 e. The Balaban J connectivity index is 1.62. The third-order valence-corrected chi connectivity index (χ3v) is 5.08. The van der Waals surface area contributed by atoms with Crippen molar-refractivity contribution in [3.63, 3.8) is 0 Å². The lowest BCUT2D eigenvalue weighted by Crippen LogP contribution is -2.50. The van der Waals surface area contributed by atoms with Crippen molar-refractivity contribution in [3.05, 3.63) is 42.5 Å². The summed E-state index contributed by atoms with van der Waals surface area (Å²) in [5, 5.41) is 4.00. The fourth-order valence-corrected chi connectivity index (χ4v) is 3.53. The minimum atomic E-state index is 0.661. The first-order valence-corrected chi connectivity index (χ1v) is 9.81. The molecule has 0 amide bonds. The van der Waals surface area contributed by atoms with Crippen molar-refractivity contribution in [2.45, 2.75) is 6.92 Å². The molecule has 0 atom stereocenters. The highest BCUT2D eigenvalue weighted by Gasteiger charge is 2.21. The van der Waals surface area contributed by atoms with Gasteiger partial charge in [-0.3, -0.25) is 0 Å². The van der Waals surface area contributed by atoms with Crippen molar-refractivity contribution in [1.29, 1.82) is 0 Å². The van der Waals surface area contributed by atoms with Crippen LogP contribution in [0.5, 0.6) is 17.2 Å². The summed E-state index contributed by atoms with van der Waals surface area (Å²) < 4.78 is 16.5. The van der Waals surface area contributed by atoms with Crippen molar-refractivity contribution in [3.8, 4) is 17.2 Å². The van der Waals surface area contributed by atoms with E-state index in [0.717, 1.165) is 49.1 Å². The van der Waals surface area contributed by atoms with E-state index >= 15 is 0 Å². The van der Waals surface area contributed by atoms with Gasteiger partial charge in [0, 0.05) is 32.2 Å². The number of nitrogens with one attached hydrogen (secondary N) is 1. The van der Waals surface area contributed by atoms with E-state index in [2.05, 4.69) is 21.2 Å². The van der Waals surface area contributed by atoms with Gasteiger partial charge in [0.15, 0.2) is 5.11 Å². The predicted octanol–water partition coefficient (Wildman–Crippen LogP) is 3.62. The van der Waals surface area contributed by atoms with E-state index in [1.165, 1.54) is 0 Å². The van der Waals surface area contributed by atoms with Gasteiger partial charge in [0.2, 0.25) is 0 Å². The average molecular weight is 402 g/mol. The maximum absolute atomic E-state index is 5.77. The van der Waals surface area contributed by atoms with Crippen molar-refractivity contribution < 1.29 is 14.2 Å². The number of rotatable bonds is 6. The third-order valence-electron chi connectivity index (χ3n) is 4.72. The van der Waals surface area contributed by atoms with Crippen LogP contribution in [-0.2, 0) is 0 Å². The molecule has 150 valence electrons. The minimum absolute atomic E-state index is 0.661. The molecular weight excluding hydrogens is 374 g/mol. The number of ether oxygens (including phenoxy) is 3. The first kappa shape index (κ1) is 20.1. The van der Waals surface area contributed by atoms with Crippen LogP contribution in [0.25, 0.3) is 0 Å². The molecule has 0 saturated carbocycles. The standard InChI is InChI=1S/C21H27N3O3S/c1-4-27-19-8-6-5-7-18(19)23-11-13-24(14-12-23)21(28)22-17-10-9-16(25-2)15-20(17)26-3/h5-10,15H,4,11-14H2,1-3H3,(H,22,28). The molecule has 0 aromatic heterocycles. The molecule has 1 N–H and O–H groups in total. The van der Waals surface area contributed by atoms with Crippen LogP contribution in [0, 0.1) is 0 Å². The highest BCUT2D eigenvalue weighted by molar-refractivity contribution is 7.80. The van der Waals surface area contributed by atoms with Crippen LogP contribution in [0.4, 0.5) is 11.4 Å². The summed E-state index contributed by atoms with van der Waals surface area (Å²) in [5.41, 5.74) is 1.97. The second kappa shape index (κ2) is 9.50. The van der Waals surface area contributed by atoms with E-state index < -0.39 is 0 Å². The topological polar surface area (TPSA) is 46.2 Å². The SMILES string of the molecule is CCOc1ccccc1N1CCN(C(=S)Nc2ccc(OC)cc2OC)CC1. The highest BCUT2D eigenvalue weighted by Crippen LogP contribution is 2.30. The number of para-hydroxylation sites is 2. The van der Waals surface area contributed by atoms with Crippen LogP contribution in [0.15, 0.2) is 42.5 Å². The zero-order valence-electron chi connectivity index (χ0n) is 16.6. The van der Waals surface area contributed by atoms with Gasteiger partial charge < -0.3 is 29.3 Å². The monoisotopic (exact) mass is 401 g/mol. The van der Waals surface area contributed by atoms with Gasteiger partial charge in [-0.1, -0.05) is 12.1 Å². The number of hydrogen-bond donors (Lipinski definition) is 1. The van der Waals surface area contributed by atoms with Gasteiger partial charge in [0.05, 0.1) is 32.2 Å². The summed E-state index contributed by atoms with van der Waals surface area (Å²) in [4.78, 5) is 4.52. The molecule has 6 nitrogen and oxygen atoms in total. The molecule has 2 aromatic rings. The van der Waals surface area contributed by atoms with Gasteiger partial charge in [0.25, 0.3) is 0 Å². The molecule has 28 heavy (non-hydrogen) atoms. The number of benzene rings is 2. The number of nitrogens with zero attached hydrogens (tertiary/aromatic N) is 2. The highest BCUT2D eigenvalue weighted by atomic mass is 32.1. The molecule has 3 rings (SSSR count). The molecule has 0 spiro atoms. The summed E-state index contributed by atoms with van der Waals surface area (Å²) in [6, 6.07) is 13.8. The van der Waals surface area contributed by atoms with Crippen LogP contribution in [0.3, 0.4) is 0 Å². The van der Waals surface area contributed by atoms with Gasteiger partial charge >= 0.3 is 0 Å². The molecule has 0 radical (unpaired) electrons. The zero-order valence-corrected chi connectivity index (χ0v) is 17.4. The Labute approximate surface area is 172 Å². The normalized spacial score (nSPS) is 13.8. The maximum Gasteiger partial charge on any atom is 0.173 e. The molecule has 7 heteroatoms. The van der Waals surface area contributed by atoms with Crippen LogP contribution in [-0.4, -0.2) is 57.0 Å². The van der Waals surface area contributed by atoms with E-state index in [0.29, 0.717) is 17.5 Å². The largest absolute Gasteiger partial charge is 0.497 e. The van der Waals surface area contributed by atoms with Gasteiger partial charge in [0.1, 0.15) is 17.2 Å². The molecule has 2 aromatic carbocycles. The quantitative estimate of drug-likeness (QED) is 0.742. The van der Waals surface area contributed by atoms with Crippen LogP contribution < -0.4 is 24.4 Å². The first-order valence-electron chi connectivity index (χ1n) is 9.41. The summed E-state index contributed by atoms with van der Waals surface area (Å²) in [7, 11) is 3.27. The molecule has 1 heterocycles. The number of anilines is 2. The van der Waals surface area contributed by atoms with Gasteiger partial charge in [-0.25, -0.2) is 0 Å². The molecule has 1 saturated heterocycles. The zero-order chi connectivity index (χ0) is 19.9. The van der Waals surface area contributed by atoms with E-state index in [4.69, 9.17) is 26.4 Å². The Kier molecular flexibility index (Phi) is 6.81. The van der Waals surface area contributed by atoms with Gasteiger partial charge in [-0.15, -0.1) is 0 Å². The number of methoxy groups -OCH3 is 2. The van der Waals surface area contributed by atoms with Crippen molar-refractivity contribution in [2.24, 2.45) is 0 Å². The Morgan fingerprint density at radius 1 is 1.00 bits per heavy atom. The summed E-state index contributed by atoms with van der Waals surface area (Å²) in [6.45, 7) is 6.10. The van der Waals surface area contributed by atoms with E-state index in [1.54, 1.807) is 14.2 Å².